The third-order valence-electron chi connectivity index (χ3n) is 2.51. The summed E-state index contributed by atoms with van der Waals surface area (Å²) in [6.07, 6.45) is 7.01. The molecule has 0 aliphatic rings. The second-order valence-corrected chi connectivity index (χ2v) is 3.84. The van der Waals surface area contributed by atoms with Crippen LogP contribution in [0.1, 0.15) is 17.7 Å². The fourth-order valence-corrected chi connectivity index (χ4v) is 1.64. The summed E-state index contributed by atoms with van der Waals surface area (Å²) < 4.78 is 5.18. The average Bonchev–Trinajstić information content (AvgIpc) is 2.81. The third kappa shape index (κ3) is 3.21. The molecular weight excluding hydrogens is 202 g/mol. The Kier molecular flexibility index (Phi) is 3.72. The van der Waals surface area contributed by atoms with Crippen LogP contribution >= 0.6 is 0 Å². The number of furan rings is 1. The van der Waals surface area contributed by atoms with Crippen molar-refractivity contribution < 1.29 is 9.52 Å². The first-order valence-electron chi connectivity index (χ1n) is 5.44. The third-order valence-corrected chi connectivity index (χ3v) is 2.51. The van der Waals surface area contributed by atoms with Gasteiger partial charge >= 0.3 is 0 Å². The molecule has 2 heterocycles. The van der Waals surface area contributed by atoms with Crippen LogP contribution < -0.4 is 0 Å². The first kappa shape index (κ1) is 10.9. The Hall–Kier alpha value is -1.61. The van der Waals surface area contributed by atoms with E-state index in [4.69, 9.17) is 4.42 Å². The van der Waals surface area contributed by atoms with Gasteiger partial charge in [-0.15, -0.1) is 0 Å². The fraction of sp³-hybridized carbons (Fsp3) is 0.308. The van der Waals surface area contributed by atoms with Gasteiger partial charge in [0.05, 0.1) is 12.4 Å². The van der Waals surface area contributed by atoms with Gasteiger partial charge in [0, 0.05) is 18.8 Å². The Morgan fingerprint density at radius 1 is 1.31 bits per heavy atom. The second kappa shape index (κ2) is 5.47. The highest BCUT2D eigenvalue weighted by Crippen LogP contribution is 2.09. The minimum Gasteiger partial charge on any atom is -0.469 e. The Labute approximate surface area is 94.8 Å². The topological polar surface area (TPSA) is 46.3 Å². The van der Waals surface area contributed by atoms with Gasteiger partial charge in [-0.1, -0.05) is 6.07 Å². The van der Waals surface area contributed by atoms with Crippen LogP contribution in [0.5, 0.6) is 0 Å². The van der Waals surface area contributed by atoms with Crippen LogP contribution in [0.3, 0.4) is 0 Å². The lowest BCUT2D eigenvalue weighted by molar-refractivity contribution is 0.158. The summed E-state index contributed by atoms with van der Waals surface area (Å²) in [7, 11) is 0. The van der Waals surface area contributed by atoms with Gasteiger partial charge in [-0.3, -0.25) is 4.98 Å². The number of pyridine rings is 1. The van der Waals surface area contributed by atoms with E-state index in [1.807, 2.05) is 30.5 Å². The predicted molar refractivity (Wildman–Crippen MR) is 61.0 cm³/mol. The number of rotatable bonds is 5. The maximum Gasteiger partial charge on any atom is 0.106 e. The van der Waals surface area contributed by atoms with Gasteiger partial charge < -0.3 is 9.52 Å². The highest BCUT2D eigenvalue weighted by Gasteiger charge is 2.07. The first-order valence-corrected chi connectivity index (χ1v) is 5.44. The molecule has 0 fully saturated rings. The molecular formula is C13H15NO2. The quantitative estimate of drug-likeness (QED) is 0.835. The first-order chi connectivity index (χ1) is 7.84. The molecule has 16 heavy (non-hydrogen) atoms. The van der Waals surface area contributed by atoms with Gasteiger partial charge in [0.2, 0.25) is 0 Å². The summed E-state index contributed by atoms with van der Waals surface area (Å²) >= 11 is 0. The maximum atomic E-state index is 9.80. The summed E-state index contributed by atoms with van der Waals surface area (Å²) in [5.41, 5.74) is 1.15. The van der Waals surface area contributed by atoms with E-state index in [1.165, 1.54) is 0 Å². The zero-order valence-corrected chi connectivity index (χ0v) is 9.04. The van der Waals surface area contributed by atoms with Gasteiger partial charge in [0.25, 0.3) is 0 Å². The highest BCUT2D eigenvalue weighted by atomic mass is 16.3. The summed E-state index contributed by atoms with van der Waals surface area (Å²) in [5, 5.41) is 9.80. The average molecular weight is 217 g/mol. The molecule has 3 nitrogen and oxygen atoms in total. The Bertz CT molecular complexity index is 397. The van der Waals surface area contributed by atoms with E-state index in [-0.39, 0.29) is 6.10 Å². The van der Waals surface area contributed by atoms with Gasteiger partial charge in [0.1, 0.15) is 5.76 Å². The minimum atomic E-state index is -0.355. The molecule has 0 spiro atoms. The zero-order chi connectivity index (χ0) is 11.2. The van der Waals surface area contributed by atoms with Crippen LogP contribution in [0, 0.1) is 0 Å². The monoisotopic (exact) mass is 217 g/mol. The zero-order valence-electron chi connectivity index (χ0n) is 9.04. The van der Waals surface area contributed by atoms with Crippen molar-refractivity contribution in [1.82, 2.24) is 4.98 Å². The summed E-state index contributed by atoms with van der Waals surface area (Å²) in [6.45, 7) is 0. The van der Waals surface area contributed by atoms with E-state index < -0.39 is 0 Å². The van der Waals surface area contributed by atoms with E-state index in [1.54, 1.807) is 12.5 Å². The number of aliphatic hydroxyl groups excluding tert-OH is 1. The number of hydrogen-bond donors (Lipinski definition) is 1. The van der Waals surface area contributed by atoms with Crippen LogP contribution in [-0.4, -0.2) is 16.2 Å². The van der Waals surface area contributed by atoms with Gasteiger partial charge in [-0.05, 0) is 36.6 Å². The molecule has 0 saturated heterocycles. The lowest BCUT2D eigenvalue weighted by Gasteiger charge is -2.08. The second-order valence-electron chi connectivity index (χ2n) is 3.84. The van der Waals surface area contributed by atoms with Crippen molar-refractivity contribution in [2.75, 3.05) is 0 Å². The smallest absolute Gasteiger partial charge is 0.106 e. The Morgan fingerprint density at radius 3 is 2.94 bits per heavy atom. The fourth-order valence-electron chi connectivity index (χ4n) is 1.64. The van der Waals surface area contributed by atoms with Crippen molar-refractivity contribution in [1.29, 1.82) is 0 Å². The molecule has 2 rings (SSSR count). The van der Waals surface area contributed by atoms with Crippen molar-refractivity contribution in [2.24, 2.45) is 0 Å². The predicted octanol–water partition coefficient (Wildman–Crippen LogP) is 2.21. The molecule has 0 bridgehead atoms. The van der Waals surface area contributed by atoms with Gasteiger partial charge in [-0.25, -0.2) is 0 Å². The van der Waals surface area contributed by atoms with Crippen molar-refractivity contribution in [3.8, 4) is 0 Å². The molecule has 84 valence electrons. The van der Waals surface area contributed by atoms with Crippen LogP contribution in [0.15, 0.2) is 47.3 Å². The molecule has 1 N–H and O–H groups in total. The van der Waals surface area contributed by atoms with Crippen LogP contribution in [0.2, 0.25) is 0 Å². The molecule has 1 atom stereocenters. The van der Waals surface area contributed by atoms with E-state index in [0.29, 0.717) is 6.42 Å². The normalized spacial score (nSPS) is 12.6. The minimum absolute atomic E-state index is 0.355. The Morgan fingerprint density at radius 2 is 2.25 bits per heavy atom. The van der Waals surface area contributed by atoms with Gasteiger partial charge in [0.15, 0.2) is 0 Å². The number of aryl methyl sites for hydroxylation is 1. The number of aromatic nitrogens is 1. The lowest BCUT2D eigenvalue weighted by Crippen LogP contribution is -2.11. The van der Waals surface area contributed by atoms with E-state index in [9.17, 15) is 5.11 Å². The molecule has 3 heteroatoms. The molecule has 0 aromatic carbocycles. The molecule has 0 radical (unpaired) electrons. The SMILES string of the molecule is OC(CCc1cccnc1)Cc1ccco1. The van der Waals surface area contributed by atoms with E-state index in [0.717, 1.165) is 24.2 Å². The van der Waals surface area contributed by atoms with Crippen molar-refractivity contribution >= 4 is 0 Å². The number of nitrogens with zero attached hydrogens (tertiary/aromatic N) is 1. The van der Waals surface area contributed by atoms with Crippen molar-refractivity contribution in [2.45, 2.75) is 25.4 Å². The maximum absolute atomic E-state index is 9.80. The summed E-state index contributed by atoms with van der Waals surface area (Å²) in [5.74, 6) is 0.832. The van der Waals surface area contributed by atoms with Crippen LogP contribution in [-0.2, 0) is 12.8 Å². The number of aliphatic hydroxyl groups is 1. The van der Waals surface area contributed by atoms with Gasteiger partial charge in [-0.2, -0.15) is 0 Å². The van der Waals surface area contributed by atoms with Crippen LogP contribution in [0.25, 0.3) is 0 Å². The summed E-state index contributed by atoms with van der Waals surface area (Å²) in [6, 6.07) is 7.65. The highest BCUT2D eigenvalue weighted by molar-refractivity contribution is 5.08. The van der Waals surface area contributed by atoms with Crippen molar-refractivity contribution in [3.05, 3.63) is 54.2 Å². The lowest BCUT2D eigenvalue weighted by atomic mass is 10.1. The molecule has 2 aromatic heterocycles. The van der Waals surface area contributed by atoms with E-state index >= 15 is 0 Å². The number of hydrogen-bond acceptors (Lipinski definition) is 3. The molecule has 0 amide bonds. The summed E-state index contributed by atoms with van der Waals surface area (Å²) in [4.78, 5) is 4.04. The van der Waals surface area contributed by atoms with Crippen LogP contribution in [0.4, 0.5) is 0 Å². The molecule has 0 aliphatic heterocycles. The standard InChI is InChI=1S/C13H15NO2/c15-12(9-13-4-2-8-16-13)6-5-11-3-1-7-14-10-11/h1-4,7-8,10,12,15H,5-6,9H2. The largest absolute Gasteiger partial charge is 0.469 e. The van der Waals surface area contributed by atoms with Crippen molar-refractivity contribution in [3.63, 3.8) is 0 Å². The molecule has 0 aliphatic carbocycles. The molecule has 2 aromatic rings. The molecule has 1 unspecified atom stereocenters. The molecule has 0 saturated carbocycles. The Balaban J connectivity index is 1.78. The van der Waals surface area contributed by atoms with E-state index in [2.05, 4.69) is 4.98 Å².